The molecule has 0 bridgehead atoms. The number of esters is 1. The lowest BCUT2D eigenvalue weighted by molar-refractivity contribution is -0.139. The summed E-state index contributed by atoms with van der Waals surface area (Å²) in [6, 6.07) is 0. The highest BCUT2D eigenvalue weighted by molar-refractivity contribution is 5.86. The minimum absolute atomic E-state index is 0.252. The number of ether oxygens (including phenoxy) is 1. The van der Waals surface area contributed by atoms with Crippen molar-refractivity contribution in [3.63, 3.8) is 0 Å². The molecule has 0 aromatic heterocycles. The van der Waals surface area contributed by atoms with Gasteiger partial charge in [-0.25, -0.2) is 4.79 Å². The summed E-state index contributed by atoms with van der Waals surface area (Å²) in [7, 11) is 0. The first-order valence-corrected chi connectivity index (χ1v) is 14.2. The van der Waals surface area contributed by atoms with Crippen LogP contribution in [0.1, 0.15) is 163 Å². The van der Waals surface area contributed by atoms with Crippen LogP contribution in [0.4, 0.5) is 0 Å². The van der Waals surface area contributed by atoms with E-state index < -0.39 is 0 Å². The number of carbonyl (C=O) groups is 1. The van der Waals surface area contributed by atoms with Gasteiger partial charge in [0, 0.05) is 5.57 Å². The lowest BCUT2D eigenvalue weighted by Gasteiger charge is -2.17. The molecule has 32 heavy (non-hydrogen) atoms. The Balaban J connectivity index is 3.09. The molecule has 0 heterocycles. The molecule has 0 aliphatic heterocycles. The highest BCUT2D eigenvalue weighted by Crippen LogP contribution is 2.22. The van der Waals surface area contributed by atoms with Gasteiger partial charge in [-0.15, -0.1) is 0 Å². The molecule has 0 amide bonds. The Morgan fingerprint density at radius 2 is 0.844 bits per heavy atom. The average Bonchev–Trinajstić information content (AvgIpc) is 2.73. The molecular weight excluding hydrogens is 392 g/mol. The van der Waals surface area contributed by atoms with Gasteiger partial charge in [0.2, 0.25) is 0 Å². The normalized spacial score (nSPS) is 11.6. The van der Waals surface area contributed by atoms with Crippen LogP contribution in [0.5, 0.6) is 0 Å². The standard InChI is InChI=1S/C30H58O2/c1-28(2)29(31)32-27-25-23-21-19-17-15-13-11-9-7-6-8-10-12-14-16-18-20-22-24-26-30(3,4)5/h1,6-27H2,2-5H3. The van der Waals surface area contributed by atoms with Gasteiger partial charge in [0.25, 0.3) is 0 Å². The lowest BCUT2D eigenvalue weighted by Crippen LogP contribution is -2.05. The second kappa shape index (κ2) is 22.0. The molecule has 0 N–H and O–H groups in total. The van der Waals surface area contributed by atoms with Crippen LogP contribution in [0.2, 0.25) is 0 Å². The van der Waals surface area contributed by atoms with Gasteiger partial charge < -0.3 is 4.74 Å². The molecule has 0 aromatic rings. The summed E-state index contributed by atoms with van der Waals surface area (Å²) in [6.07, 6.45) is 29.1. The predicted molar refractivity (Wildman–Crippen MR) is 142 cm³/mol. The summed E-state index contributed by atoms with van der Waals surface area (Å²) >= 11 is 0. The Hall–Kier alpha value is -0.790. The third kappa shape index (κ3) is 25.5. The predicted octanol–water partition coefficient (Wildman–Crippen LogP) is 10.3. The van der Waals surface area contributed by atoms with Crippen molar-refractivity contribution in [1.82, 2.24) is 0 Å². The second-order valence-corrected chi connectivity index (χ2v) is 11.3. The second-order valence-electron chi connectivity index (χ2n) is 11.3. The van der Waals surface area contributed by atoms with E-state index >= 15 is 0 Å². The van der Waals surface area contributed by atoms with Crippen molar-refractivity contribution in [2.45, 2.75) is 163 Å². The molecule has 0 atom stereocenters. The first-order chi connectivity index (χ1) is 15.3. The van der Waals surface area contributed by atoms with E-state index in [0.29, 0.717) is 17.6 Å². The summed E-state index contributed by atoms with van der Waals surface area (Å²) in [5.41, 5.74) is 1.01. The molecule has 0 aliphatic carbocycles. The van der Waals surface area contributed by atoms with Crippen LogP contribution in [0.15, 0.2) is 12.2 Å². The van der Waals surface area contributed by atoms with Crippen molar-refractivity contribution in [1.29, 1.82) is 0 Å². The van der Waals surface area contributed by atoms with E-state index in [-0.39, 0.29) is 5.97 Å². The minimum Gasteiger partial charge on any atom is -0.462 e. The SMILES string of the molecule is C=C(C)C(=O)OCCCCCCCCCCCCCCCCCCCCCCC(C)(C)C. The monoisotopic (exact) mass is 450 g/mol. The number of unbranched alkanes of at least 4 members (excludes halogenated alkanes) is 19. The van der Waals surface area contributed by atoms with E-state index in [4.69, 9.17) is 4.74 Å². The minimum atomic E-state index is -0.252. The maximum Gasteiger partial charge on any atom is 0.333 e. The van der Waals surface area contributed by atoms with Crippen LogP contribution < -0.4 is 0 Å². The fourth-order valence-corrected chi connectivity index (χ4v) is 4.23. The van der Waals surface area contributed by atoms with Gasteiger partial charge in [-0.1, -0.05) is 149 Å². The zero-order valence-electron chi connectivity index (χ0n) is 22.6. The van der Waals surface area contributed by atoms with Crippen molar-refractivity contribution < 1.29 is 9.53 Å². The molecule has 0 saturated heterocycles. The summed E-state index contributed by atoms with van der Waals surface area (Å²) in [5, 5.41) is 0. The van der Waals surface area contributed by atoms with Gasteiger partial charge in [0.05, 0.1) is 6.61 Å². The Morgan fingerprint density at radius 1 is 0.562 bits per heavy atom. The van der Waals surface area contributed by atoms with E-state index in [1.165, 1.54) is 128 Å². The van der Waals surface area contributed by atoms with Gasteiger partial charge in [0.15, 0.2) is 0 Å². The van der Waals surface area contributed by atoms with Gasteiger partial charge in [0.1, 0.15) is 0 Å². The van der Waals surface area contributed by atoms with Crippen LogP contribution in [0.3, 0.4) is 0 Å². The fraction of sp³-hybridized carbons (Fsp3) is 0.900. The number of rotatable bonds is 23. The van der Waals surface area contributed by atoms with Gasteiger partial charge in [-0.3, -0.25) is 0 Å². The van der Waals surface area contributed by atoms with Crippen LogP contribution >= 0.6 is 0 Å². The number of carbonyl (C=O) groups excluding carboxylic acids is 1. The summed E-state index contributed by atoms with van der Waals surface area (Å²) < 4.78 is 5.11. The van der Waals surface area contributed by atoms with E-state index in [9.17, 15) is 4.79 Å². The topological polar surface area (TPSA) is 26.3 Å². The quantitative estimate of drug-likeness (QED) is 0.0878. The van der Waals surface area contributed by atoms with E-state index in [1.807, 2.05) is 0 Å². The first kappa shape index (κ1) is 31.2. The average molecular weight is 451 g/mol. The molecule has 0 radical (unpaired) electrons. The van der Waals surface area contributed by atoms with Crippen LogP contribution in [-0.4, -0.2) is 12.6 Å². The Labute approximate surface area is 202 Å². The summed E-state index contributed by atoms with van der Waals surface area (Å²) in [6.45, 7) is 12.9. The van der Waals surface area contributed by atoms with Crippen molar-refractivity contribution in [2.24, 2.45) is 5.41 Å². The van der Waals surface area contributed by atoms with Gasteiger partial charge >= 0.3 is 5.97 Å². The zero-order chi connectivity index (χ0) is 23.9. The molecule has 0 aliphatic rings. The number of hydrogen-bond donors (Lipinski definition) is 0. The van der Waals surface area contributed by atoms with Crippen LogP contribution in [0, 0.1) is 5.41 Å². The Kier molecular flexibility index (Phi) is 21.5. The third-order valence-corrected chi connectivity index (χ3v) is 6.40. The van der Waals surface area contributed by atoms with E-state index in [1.54, 1.807) is 6.92 Å². The van der Waals surface area contributed by atoms with Crippen molar-refractivity contribution in [3.8, 4) is 0 Å². The van der Waals surface area contributed by atoms with E-state index in [2.05, 4.69) is 27.4 Å². The van der Waals surface area contributed by atoms with Crippen molar-refractivity contribution in [2.75, 3.05) is 6.61 Å². The first-order valence-electron chi connectivity index (χ1n) is 14.2. The van der Waals surface area contributed by atoms with E-state index in [0.717, 1.165) is 6.42 Å². The molecule has 0 spiro atoms. The maximum atomic E-state index is 11.3. The highest BCUT2D eigenvalue weighted by Gasteiger charge is 2.08. The van der Waals surface area contributed by atoms with Crippen molar-refractivity contribution >= 4 is 5.97 Å². The molecule has 0 aromatic carbocycles. The lowest BCUT2D eigenvalue weighted by atomic mass is 9.89. The zero-order valence-corrected chi connectivity index (χ0v) is 22.6. The van der Waals surface area contributed by atoms with Crippen molar-refractivity contribution in [3.05, 3.63) is 12.2 Å². The molecule has 190 valence electrons. The maximum absolute atomic E-state index is 11.3. The Bertz CT molecular complexity index is 433. The summed E-state index contributed by atoms with van der Waals surface area (Å²) in [5.74, 6) is -0.252. The molecule has 0 rings (SSSR count). The van der Waals surface area contributed by atoms with Gasteiger partial charge in [-0.2, -0.15) is 0 Å². The molecule has 0 unspecified atom stereocenters. The highest BCUT2D eigenvalue weighted by atomic mass is 16.5. The van der Waals surface area contributed by atoms with Gasteiger partial charge in [-0.05, 0) is 25.2 Å². The largest absolute Gasteiger partial charge is 0.462 e. The van der Waals surface area contributed by atoms with Crippen LogP contribution in [0.25, 0.3) is 0 Å². The fourth-order valence-electron chi connectivity index (χ4n) is 4.23. The number of hydrogen-bond acceptors (Lipinski definition) is 2. The molecule has 0 fully saturated rings. The molecular formula is C30H58O2. The Morgan fingerprint density at radius 3 is 1.12 bits per heavy atom. The van der Waals surface area contributed by atoms with Crippen LogP contribution in [-0.2, 0) is 9.53 Å². The smallest absolute Gasteiger partial charge is 0.333 e. The molecule has 2 nitrogen and oxygen atoms in total. The molecule has 0 saturated carbocycles. The third-order valence-electron chi connectivity index (χ3n) is 6.40. The summed E-state index contributed by atoms with van der Waals surface area (Å²) in [4.78, 5) is 11.3. The molecule has 2 heteroatoms.